The van der Waals surface area contributed by atoms with Gasteiger partial charge in [-0.25, -0.2) is 4.79 Å². The van der Waals surface area contributed by atoms with Gasteiger partial charge < -0.3 is 15.4 Å². The molecule has 1 aliphatic carbocycles. The molecule has 2 aliphatic rings. The van der Waals surface area contributed by atoms with Gasteiger partial charge in [-0.3, -0.25) is 4.90 Å². The first-order valence-electron chi connectivity index (χ1n) is 8.69. The molecule has 23 heavy (non-hydrogen) atoms. The first kappa shape index (κ1) is 16.3. The van der Waals surface area contributed by atoms with E-state index in [0.717, 1.165) is 44.5 Å². The molecule has 2 N–H and O–H groups in total. The van der Waals surface area contributed by atoms with E-state index in [2.05, 4.69) is 4.90 Å². The topological polar surface area (TPSA) is 58.8 Å². The number of hydrogen-bond acceptors (Lipinski definition) is 4. The maximum atomic E-state index is 12.5. The third kappa shape index (κ3) is 4.45. The number of hydrogen-bond donors (Lipinski definition) is 1. The van der Waals surface area contributed by atoms with Crippen LogP contribution in [-0.4, -0.2) is 54.2 Å². The Morgan fingerprint density at radius 1 is 1.26 bits per heavy atom. The Kier molecular flexibility index (Phi) is 5.51. The van der Waals surface area contributed by atoms with E-state index < -0.39 is 0 Å². The first-order valence-corrected chi connectivity index (χ1v) is 8.69. The van der Waals surface area contributed by atoms with Crippen LogP contribution in [0.2, 0.25) is 0 Å². The molecular formula is C18H27N3O2. The maximum absolute atomic E-state index is 12.5. The lowest BCUT2D eigenvalue weighted by molar-refractivity contribution is 0.0822. The Labute approximate surface area is 138 Å². The van der Waals surface area contributed by atoms with Crippen molar-refractivity contribution in [1.82, 2.24) is 9.80 Å². The van der Waals surface area contributed by atoms with E-state index in [1.807, 2.05) is 35.2 Å². The molecule has 1 heterocycles. The summed E-state index contributed by atoms with van der Waals surface area (Å²) in [5, 5.41) is 0. The van der Waals surface area contributed by atoms with Gasteiger partial charge in [-0.15, -0.1) is 0 Å². The Balaban J connectivity index is 1.54. The van der Waals surface area contributed by atoms with Crippen molar-refractivity contribution in [3.05, 3.63) is 35.9 Å². The van der Waals surface area contributed by atoms with Crippen LogP contribution in [0.1, 0.15) is 31.2 Å². The summed E-state index contributed by atoms with van der Waals surface area (Å²) >= 11 is 0. The van der Waals surface area contributed by atoms with Gasteiger partial charge in [-0.2, -0.15) is 0 Å². The van der Waals surface area contributed by atoms with Crippen LogP contribution < -0.4 is 5.73 Å². The van der Waals surface area contributed by atoms with Crippen molar-refractivity contribution >= 4 is 6.09 Å². The molecule has 1 saturated heterocycles. The van der Waals surface area contributed by atoms with E-state index in [0.29, 0.717) is 25.2 Å². The molecule has 3 rings (SSSR count). The SMILES string of the molecule is NCCN1CCC[C@@H]1CN(C(=O)OCc1ccccc1)C1CC1. The number of carbonyl (C=O) groups is 1. The van der Waals surface area contributed by atoms with Gasteiger partial charge >= 0.3 is 6.09 Å². The van der Waals surface area contributed by atoms with E-state index >= 15 is 0 Å². The van der Waals surface area contributed by atoms with Crippen LogP contribution in [0, 0.1) is 0 Å². The van der Waals surface area contributed by atoms with Crippen molar-refractivity contribution in [2.24, 2.45) is 5.73 Å². The summed E-state index contributed by atoms with van der Waals surface area (Å²) < 4.78 is 5.54. The lowest BCUT2D eigenvalue weighted by Crippen LogP contribution is -2.45. The average Bonchev–Trinajstić information content (AvgIpc) is 3.33. The van der Waals surface area contributed by atoms with Gasteiger partial charge in [0.25, 0.3) is 0 Å². The highest BCUT2D eigenvalue weighted by atomic mass is 16.6. The standard InChI is InChI=1S/C18H27N3O2/c19-10-12-20-11-4-7-17(20)13-21(16-8-9-16)18(22)23-14-15-5-2-1-3-6-15/h1-3,5-6,16-17H,4,7-14,19H2/t17-/m1/s1. The zero-order chi connectivity index (χ0) is 16.1. The van der Waals surface area contributed by atoms with Crippen LogP contribution in [-0.2, 0) is 11.3 Å². The largest absolute Gasteiger partial charge is 0.445 e. The maximum Gasteiger partial charge on any atom is 0.410 e. The molecule has 1 amide bonds. The number of carbonyl (C=O) groups excluding carboxylic acids is 1. The third-order valence-corrected chi connectivity index (χ3v) is 4.75. The minimum Gasteiger partial charge on any atom is -0.445 e. The lowest BCUT2D eigenvalue weighted by Gasteiger charge is -2.30. The summed E-state index contributed by atoms with van der Waals surface area (Å²) in [4.78, 5) is 16.9. The zero-order valence-electron chi connectivity index (χ0n) is 13.7. The normalized spacial score (nSPS) is 21.3. The van der Waals surface area contributed by atoms with Crippen LogP contribution in [0.4, 0.5) is 4.79 Å². The molecule has 5 nitrogen and oxygen atoms in total. The van der Waals surface area contributed by atoms with Crippen molar-refractivity contribution in [1.29, 1.82) is 0 Å². The van der Waals surface area contributed by atoms with E-state index in [1.54, 1.807) is 0 Å². The number of rotatable bonds is 7. The van der Waals surface area contributed by atoms with Gasteiger partial charge in [-0.05, 0) is 37.8 Å². The summed E-state index contributed by atoms with van der Waals surface area (Å²) in [6, 6.07) is 10.7. The molecule has 0 spiro atoms. The molecule has 0 bridgehead atoms. The molecule has 1 aliphatic heterocycles. The van der Waals surface area contributed by atoms with E-state index in [-0.39, 0.29) is 6.09 Å². The Morgan fingerprint density at radius 3 is 2.74 bits per heavy atom. The molecule has 5 heteroatoms. The molecule has 0 radical (unpaired) electrons. The second kappa shape index (κ2) is 7.79. The first-order chi connectivity index (χ1) is 11.3. The summed E-state index contributed by atoms with van der Waals surface area (Å²) in [7, 11) is 0. The van der Waals surface area contributed by atoms with Crippen molar-refractivity contribution in [2.75, 3.05) is 26.2 Å². The quantitative estimate of drug-likeness (QED) is 0.837. The second-order valence-corrected chi connectivity index (χ2v) is 6.54. The average molecular weight is 317 g/mol. The molecule has 1 atom stereocenters. The van der Waals surface area contributed by atoms with Gasteiger partial charge in [0.2, 0.25) is 0 Å². The van der Waals surface area contributed by atoms with Crippen LogP contribution >= 0.6 is 0 Å². The van der Waals surface area contributed by atoms with Crippen LogP contribution in [0.15, 0.2) is 30.3 Å². The number of benzene rings is 1. The van der Waals surface area contributed by atoms with Gasteiger partial charge in [0.05, 0.1) is 0 Å². The Morgan fingerprint density at radius 2 is 2.04 bits per heavy atom. The van der Waals surface area contributed by atoms with Crippen molar-refractivity contribution in [2.45, 2.75) is 44.4 Å². The lowest BCUT2D eigenvalue weighted by atomic mass is 10.2. The highest BCUT2D eigenvalue weighted by Crippen LogP contribution is 2.29. The zero-order valence-corrected chi connectivity index (χ0v) is 13.7. The predicted octanol–water partition coefficient (Wildman–Crippen LogP) is 2.21. The van der Waals surface area contributed by atoms with Crippen molar-refractivity contribution in [3.8, 4) is 0 Å². The fraction of sp³-hybridized carbons (Fsp3) is 0.611. The fourth-order valence-electron chi connectivity index (χ4n) is 3.35. The predicted molar refractivity (Wildman–Crippen MR) is 90.0 cm³/mol. The molecule has 126 valence electrons. The molecule has 0 aromatic heterocycles. The van der Waals surface area contributed by atoms with Crippen LogP contribution in [0.5, 0.6) is 0 Å². The molecule has 0 unspecified atom stereocenters. The fourth-order valence-corrected chi connectivity index (χ4v) is 3.35. The number of amides is 1. The minimum absolute atomic E-state index is 0.170. The monoisotopic (exact) mass is 317 g/mol. The van der Waals surface area contributed by atoms with E-state index in [4.69, 9.17) is 10.5 Å². The summed E-state index contributed by atoms with van der Waals surface area (Å²) in [6.07, 6.45) is 4.38. The number of nitrogens with zero attached hydrogens (tertiary/aromatic N) is 2. The smallest absolute Gasteiger partial charge is 0.410 e. The highest BCUT2D eigenvalue weighted by molar-refractivity contribution is 5.68. The van der Waals surface area contributed by atoms with E-state index in [1.165, 1.54) is 6.42 Å². The van der Waals surface area contributed by atoms with Gasteiger partial charge in [-0.1, -0.05) is 30.3 Å². The van der Waals surface area contributed by atoms with Gasteiger partial charge in [0.15, 0.2) is 0 Å². The summed E-state index contributed by atoms with van der Waals surface area (Å²) in [5.74, 6) is 0. The molecule has 2 fully saturated rings. The summed E-state index contributed by atoms with van der Waals surface area (Å²) in [6.45, 7) is 3.82. The second-order valence-electron chi connectivity index (χ2n) is 6.54. The number of ether oxygens (including phenoxy) is 1. The third-order valence-electron chi connectivity index (χ3n) is 4.75. The van der Waals surface area contributed by atoms with Crippen LogP contribution in [0.25, 0.3) is 0 Å². The highest BCUT2D eigenvalue weighted by Gasteiger charge is 2.37. The van der Waals surface area contributed by atoms with Gasteiger partial charge in [0, 0.05) is 31.7 Å². The molecule has 1 saturated carbocycles. The molecule has 1 aromatic carbocycles. The van der Waals surface area contributed by atoms with Crippen LogP contribution in [0.3, 0.4) is 0 Å². The molecule has 1 aromatic rings. The molecular weight excluding hydrogens is 290 g/mol. The van der Waals surface area contributed by atoms with Crippen molar-refractivity contribution < 1.29 is 9.53 Å². The number of likely N-dealkylation sites (tertiary alicyclic amines) is 1. The minimum atomic E-state index is -0.170. The number of nitrogens with two attached hydrogens (primary N) is 1. The van der Waals surface area contributed by atoms with E-state index in [9.17, 15) is 4.79 Å². The van der Waals surface area contributed by atoms with Gasteiger partial charge in [0.1, 0.15) is 6.61 Å². The van der Waals surface area contributed by atoms with Crippen molar-refractivity contribution in [3.63, 3.8) is 0 Å². The summed E-state index contributed by atoms with van der Waals surface area (Å²) in [5.41, 5.74) is 6.73. The Hall–Kier alpha value is -1.59. The Bertz CT molecular complexity index is 504.